The van der Waals surface area contributed by atoms with Crippen molar-refractivity contribution in [1.29, 1.82) is 0 Å². The molecule has 1 N–H and O–H groups in total. The molecule has 1 aliphatic heterocycles. The summed E-state index contributed by atoms with van der Waals surface area (Å²) in [5.74, 6) is 0.311. The predicted octanol–water partition coefficient (Wildman–Crippen LogP) is 4.37. The molecule has 4 rings (SSSR count). The van der Waals surface area contributed by atoms with E-state index in [1.165, 1.54) is 11.3 Å². The van der Waals surface area contributed by atoms with Gasteiger partial charge in [0.2, 0.25) is 0 Å². The summed E-state index contributed by atoms with van der Waals surface area (Å²) in [6.07, 6.45) is 1.73. The smallest absolute Gasteiger partial charge is 0.342 e. The highest BCUT2D eigenvalue weighted by Crippen LogP contribution is 2.28. The minimum Gasteiger partial charge on any atom is -0.462 e. The molecule has 6 nitrogen and oxygen atoms in total. The van der Waals surface area contributed by atoms with Gasteiger partial charge in [0.15, 0.2) is 0 Å². The fourth-order valence-corrected chi connectivity index (χ4v) is 4.66. The zero-order chi connectivity index (χ0) is 21.1. The molecule has 1 aromatic carbocycles. The van der Waals surface area contributed by atoms with Crippen molar-refractivity contribution in [1.82, 2.24) is 10.2 Å². The maximum atomic E-state index is 12.5. The molecular formula is C23H26N2O4S. The summed E-state index contributed by atoms with van der Waals surface area (Å²) in [6.45, 7) is 6.33. The highest BCUT2D eigenvalue weighted by Gasteiger charge is 2.26. The Morgan fingerprint density at radius 2 is 1.97 bits per heavy atom. The van der Waals surface area contributed by atoms with Crippen molar-refractivity contribution in [2.24, 2.45) is 0 Å². The van der Waals surface area contributed by atoms with Crippen molar-refractivity contribution >= 4 is 34.2 Å². The molecule has 3 aromatic rings. The SMILES string of the molecule is CCOC(=O)c1c(CN2CCC(NC(=O)c3ccc(C)s3)CC2)oc2ccccc12. The molecule has 0 saturated carbocycles. The number of fused-ring (bicyclic) bond motifs is 1. The number of carbonyl (C=O) groups excluding carboxylic acids is 2. The molecule has 1 saturated heterocycles. The summed E-state index contributed by atoms with van der Waals surface area (Å²) in [4.78, 5) is 29.1. The molecule has 1 amide bonds. The van der Waals surface area contributed by atoms with E-state index >= 15 is 0 Å². The second kappa shape index (κ2) is 9.02. The maximum absolute atomic E-state index is 12.5. The molecule has 2 aromatic heterocycles. The van der Waals surface area contributed by atoms with E-state index in [1.54, 1.807) is 6.92 Å². The van der Waals surface area contributed by atoms with E-state index in [0.29, 0.717) is 30.1 Å². The Hall–Kier alpha value is -2.64. The second-order valence-electron chi connectivity index (χ2n) is 7.55. The van der Waals surface area contributed by atoms with Crippen LogP contribution in [0.2, 0.25) is 0 Å². The normalized spacial score (nSPS) is 15.4. The van der Waals surface area contributed by atoms with Crippen LogP contribution in [0.15, 0.2) is 40.8 Å². The van der Waals surface area contributed by atoms with Crippen LogP contribution < -0.4 is 5.32 Å². The lowest BCUT2D eigenvalue weighted by Crippen LogP contribution is -2.44. The zero-order valence-electron chi connectivity index (χ0n) is 17.3. The Bertz CT molecular complexity index is 1050. The minimum absolute atomic E-state index is 0.00781. The predicted molar refractivity (Wildman–Crippen MR) is 117 cm³/mol. The lowest BCUT2D eigenvalue weighted by Gasteiger charge is -2.31. The van der Waals surface area contributed by atoms with E-state index < -0.39 is 0 Å². The summed E-state index contributed by atoms with van der Waals surface area (Å²) < 4.78 is 11.3. The molecule has 0 atom stereocenters. The Labute approximate surface area is 179 Å². The lowest BCUT2D eigenvalue weighted by molar-refractivity contribution is 0.0522. The number of thiophene rings is 1. The number of amides is 1. The van der Waals surface area contributed by atoms with E-state index in [4.69, 9.17) is 9.15 Å². The van der Waals surface area contributed by atoms with Gasteiger partial charge < -0.3 is 14.5 Å². The van der Waals surface area contributed by atoms with Gasteiger partial charge in [-0.2, -0.15) is 0 Å². The standard InChI is InChI=1S/C23H26N2O4S/c1-3-28-23(27)21-17-6-4-5-7-18(17)29-19(21)14-25-12-10-16(11-13-25)24-22(26)20-9-8-15(2)30-20/h4-9,16H,3,10-14H2,1-2H3,(H,24,26). The van der Waals surface area contributed by atoms with E-state index in [2.05, 4.69) is 10.2 Å². The summed E-state index contributed by atoms with van der Waals surface area (Å²) >= 11 is 1.52. The number of nitrogens with zero attached hydrogens (tertiary/aromatic N) is 1. The highest BCUT2D eigenvalue weighted by atomic mass is 32.1. The average molecular weight is 427 g/mol. The highest BCUT2D eigenvalue weighted by molar-refractivity contribution is 7.13. The van der Waals surface area contributed by atoms with Crippen LogP contribution in [0.1, 0.15) is 50.4 Å². The van der Waals surface area contributed by atoms with Crippen molar-refractivity contribution in [3.05, 3.63) is 57.5 Å². The van der Waals surface area contributed by atoms with Gasteiger partial charge in [0, 0.05) is 29.4 Å². The number of furan rings is 1. The molecule has 0 radical (unpaired) electrons. The Morgan fingerprint density at radius 1 is 1.20 bits per heavy atom. The van der Waals surface area contributed by atoms with E-state index in [0.717, 1.165) is 41.1 Å². The molecule has 3 heterocycles. The fraction of sp³-hybridized carbons (Fsp3) is 0.391. The Morgan fingerprint density at radius 3 is 2.67 bits per heavy atom. The minimum atomic E-state index is -0.342. The van der Waals surface area contributed by atoms with Gasteiger partial charge in [-0.3, -0.25) is 9.69 Å². The second-order valence-corrected chi connectivity index (χ2v) is 8.84. The molecule has 0 spiro atoms. The maximum Gasteiger partial charge on any atom is 0.342 e. The summed E-state index contributed by atoms with van der Waals surface area (Å²) in [5.41, 5.74) is 1.22. The molecule has 0 unspecified atom stereocenters. The molecule has 158 valence electrons. The van der Waals surface area contributed by atoms with Crippen LogP contribution in [-0.2, 0) is 11.3 Å². The molecule has 0 bridgehead atoms. The van der Waals surface area contributed by atoms with Gasteiger partial charge >= 0.3 is 5.97 Å². The summed E-state index contributed by atoms with van der Waals surface area (Å²) in [6, 6.07) is 11.6. The molecule has 1 aliphatic rings. The van der Waals surface area contributed by atoms with Crippen molar-refractivity contribution in [2.75, 3.05) is 19.7 Å². The summed E-state index contributed by atoms with van der Waals surface area (Å²) in [7, 11) is 0. The van der Waals surface area contributed by atoms with Gasteiger partial charge in [0.05, 0.1) is 18.0 Å². The number of piperidine rings is 1. The van der Waals surface area contributed by atoms with Crippen LogP contribution >= 0.6 is 11.3 Å². The van der Waals surface area contributed by atoms with Crippen molar-refractivity contribution in [3.8, 4) is 0 Å². The number of aryl methyl sites for hydroxylation is 1. The molecule has 7 heteroatoms. The number of para-hydroxylation sites is 1. The first kappa shape index (κ1) is 20.6. The number of carbonyl (C=O) groups is 2. The van der Waals surface area contributed by atoms with Gasteiger partial charge in [-0.1, -0.05) is 18.2 Å². The number of hydrogen-bond donors (Lipinski definition) is 1. The van der Waals surface area contributed by atoms with Crippen LogP contribution in [0, 0.1) is 6.92 Å². The Balaban J connectivity index is 1.40. The van der Waals surface area contributed by atoms with Crippen LogP contribution in [0.4, 0.5) is 0 Å². The van der Waals surface area contributed by atoms with Crippen LogP contribution in [-0.4, -0.2) is 42.5 Å². The largest absolute Gasteiger partial charge is 0.462 e. The first-order valence-corrected chi connectivity index (χ1v) is 11.1. The molecule has 30 heavy (non-hydrogen) atoms. The van der Waals surface area contributed by atoms with E-state index in [-0.39, 0.29) is 17.9 Å². The lowest BCUT2D eigenvalue weighted by atomic mass is 10.0. The number of rotatable bonds is 6. The average Bonchev–Trinajstić information content (AvgIpc) is 3.33. The number of likely N-dealkylation sites (tertiary alicyclic amines) is 1. The van der Waals surface area contributed by atoms with Crippen LogP contribution in [0.5, 0.6) is 0 Å². The number of benzene rings is 1. The van der Waals surface area contributed by atoms with Crippen LogP contribution in [0.3, 0.4) is 0 Å². The quantitative estimate of drug-likeness (QED) is 0.593. The zero-order valence-corrected chi connectivity index (χ0v) is 18.1. The number of hydrogen-bond acceptors (Lipinski definition) is 6. The molecule has 1 fully saturated rings. The molecule has 0 aliphatic carbocycles. The molecular weight excluding hydrogens is 400 g/mol. The number of esters is 1. The van der Waals surface area contributed by atoms with Crippen molar-refractivity contribution in [3.63, 3.8) is 0 Å². The third-order valence-corrected chi connectivity index (χ3v) is 6.40. The van der Waals surface area contributed by atoms with Crippen molar-refractivity contribution < 1.29 is 18.7 Å². The van der Waals surface area contributed by atoms with E-state index in [1.807, 2.05) is 43.3 Å². The third-order valence-electron chi connectivity index (χ3n) is 5.40. The first-order valence-electron chi connectivity index (χ1n) is 10.3. The van der Waals surface area contributed by atoms with Crippen molar-refractivity contribution in [2.45, 2.75) is 39.3 Å². The van der Waals surface area contributed by atoms with Gasteiger partial charge in [-0.05, 0) is 44.9 Å². The van der Waals surface area contributed by atoms with Crippen LogP contribution in [0.25, 0.3) is 11.0 Å². The monoisotopic (exact) mass is 426 g/mol. The van der Waals surface area contributed by atoms with Gasteiger partial charge in [0.25, 0.3) is 5.91 Å². The number of nitrogens with one attached hydrogen (secondary N) is 1. The topological polar surface area (TPSA) is 71.8 Å². The first-order chi connectivity index (χ1) is 14.5. The number of ether oxygens (including phenoxy) is 1. The third kappa shape index (κ3) is 4.42. The van der Waals surface area contributed by atoms with Gasteiger partial charge in [-0.15, -0.1) is 11.3 Å². The van der Waals surface area contributed by atoms with E-state index in [9.17, 15) is 9.59 Å². The summed E-state index contributed by atoms with van der Waals surface area (Å²) in [5, 5.41) is 3.94. The van der Waals surface area contributed by atoms with Gasteiger partial charge in [0.1, 0.15) is 16.9 Å². The Kier molecular flexibility index (Phi) is 6.20. The van der Waals surface area contributed by atoms with Gasteiger partial charge in [-0.25, -0.2) is 4.79 Å². The fourth-order valence-electron chi connectivity index (χ4n) is 3.89.